The van der Waals surface area contributed by atoms with E-state index in [4.69, 9.17) is 23.2 Å². The van der Waals surface area contributed by atoms with Crippen LogP contribution in [0.4, 0.5) is 10.5 Å². The number of urea groups is 1. The maximum absolute atomic E-state index is 12.8. The molecule has 0 unspecified atom stereocenters. The Morgan fingerprint density at radius 2 is 1.92 bits per heavy atom. The minimum Gasteiger partial charge on any atom is -0.308 e. The SMILES string of the molecule is Cc1ccc([C@@H]2SCCN2C(=O)Nc2c(Cl)cccc2Cl)c(C)c1. The third-order valence-electron chi connectivity index (χ3n) is 4.04. The zero-order valence-corrected chi connectivity index (χ0v) is 15.8. The molecule has 0 bridgehead atoms. The van der Waals surface area contributed by atoms with Crippen LogP contribution in [-0.4, -0.2) is 23.2 Å². The average Bonchev–Trinajstić information content (AvgIpc) is 3.00. The summed E-state index contributed by atoms with van der Waals surface area (Å²) < 4.78 is 0. The number of nitrogens with one attached hydrogen (secondary N) is 1. The smallest absolute Gasteiger partial charge is 0.308 e. The molecule has 1 aliphatic rings. The Hall–Kier alpha value is -1.36. The Morgan fingerprint density at radius 1 is 1.21 bits per heavy atom. The number of aryl methyl sites for hydroxylation is 2. The van der Waals surface area contributed by atoms with Crippen LogP contribution in [0.2, 0.25) is 10.0 Å². The summed E-state index contributed by atoms with van der Waals surface area (Å²) in [4.78, 5) is 14.6. The van der Waals surface area contributed by atoms with Crippen LogP contribution in [0.5, 0.6) is 0 Å². The fourth-order valence-corrected chi connectivity index (χ4v) is 4.68. The molecule has 2 aromatic carbocycles. The van der Waals surface area contributed by atoms with Crippen molar-refractivity contribution in [1.29, 1.82) is 0 Å². The van der Waals surface area contributed by atoms with Gasteiger partial charge in [0.25, 0.3) is 0 Å². The van der Waals surface area contributed by atoms with Crippen molar-refractivity contribution in [3.8, 4) is 0 Å². The van der Waals surface area contributed by atoms with E-state index >= 15 is 0 Å². The maximum atomic E-state index is 12.8. The predicted octanol–water partition coefficient (Wildman–Crippen LogP) is 5.89. The molecule has 24 heavy (non-hydrogen) atoms. The second-order valence-electron chi connectivity index (χ2n) is 5.80. The molecule has 0 saturated carbocycles. The summed E-state index contributed by atoms with van der Waals surface area (Å²) in [5, 5.41) is 3.74. The molecule has 3 nitrogen and oxygen atoms in total. The highest BCUT2D eigenvalue weighted by Crippen LogP contribution is 2.40. The summed E-state index contributed by atoms with van der Waals surface area (Å²) in [5.41, 5.74) is 4.05. The Balaban J connectivity index is 1.84. The van der Waals surface area contributed by atoms with Gasteiger partial charge in [-0.2, -0.15) is 0 Å². The van der Waals surface area contributed by atoms with E-state index in [0.29, 0.717) is 22.3 Å². The maximum Gasteiger partial charge on any atom is 0.323 e. The van der Waals surface area contributed by atoms with Crippen molar-refractivity contribution in [2.24, 2.45) is 0 Å². The van der Waals surface area contributed by atoms with Crippen LogP contribution in [0, 0.1) is 13.8 Å². The number of anilines is 1. The number of nitrogens with zero attached hydrogens (tertiary/aromatic N) is 1. The van der Waals surface area contributed by atoms with E-state index in [1.165, 1.54) is 16.7 Å². The molecule has 0 radical (unpaired) electrons. The molecule has 3 rings (SSSR count). The predicted molar refractivity (Wildman–Crippen MR) is 103 cm³/mol. The first-order chi connectivity index (χ1) is 11.5. The van der Waals surface area contributed by atoms with E-state index in [1.807, 2.05) is 4.90 Å². The van der Waals surface area contributed by atoms with Crippen LogP contribution in [0.3, 0.4) is 0 Å². The quantitative estimate of drug-likeness (QED) is 0.704. The van der Waals surface area contributed by atoms with Crippen LogP contribution in [-0.2, 0) is 0 Å². The Labute approximate surface area is 156 Å². The highest BCUT2D eigenvalue weighted by Gasteiger charge is 2.32. The van der Waals surface area contributed by atoms with Crippen LogP contribution in [0.1, 0.15) is 22.1 Å². The number of halogens is 2. The lowest BCUT2D eigenvalue weighted by molar-refractivity contribution is 0.214. The number of rotatable bonds is 2. The Morgan fingerprint density at radius 3 is 2.58 bits per heavy atom. The number of amides is 2. The molecule has 0 aliphatic carbocycles. The standard InChI is InChI=1S/C18H18Cl2N2OS/c1-11-6-7-13(12(2)10-11)17-22(8-9-24-17)18(23)21-16-14(19)4-3-5-15(16)20/h3-7,10,17H,8-9H2,1-2H3,(H,21,23)/t17-/m0/s1. The average molecular weight is 381 g/mol. The summed E-state index contributed by atoms with van der Waals surface area (Å²) in [6, 6.07) is 11.3. The zero-order valence-electron chi connectivity index (χ0n) is 13.5. The van der Waals surface area contributed by atoms with Gasteiger partial charge in [0.05, 0.1) is 15.7 Å². The van der Waals surface area contributed by atoms with E-state index in [1.54, 1.807) is 30.0 Å². The van der Waals surface area contributed by atoms with Crippen LogP contribution >= 0.6 is 35.0 Å². The normalized spacial score (nSPS) is 17.2. The van der Waals surface area contributed by atoms with Crippen LogP contribution < -0.4 is 5.32 Å². The lowest BCUT2D eigenvalue weighted by atomic mass is 10.1. The molecule has 1 atom stereocenters. The van der Waals surface area contributed by atoms with Crippen molar-refractivity contribution in [3.63, 3.8) is 0 Å². The number of para-hydroxylation sites is 1. The van der Waals surface area contributed by atoms with E-state index in [0.717, 1.165) is 5.75 Å². The summed E-state index contributed by atoms with van der Waals surface area (Å²) in [6.45, 7) is 4.85. The van der Waals surface area contributed by atoms with Crippen molar-refractivity contribution >= 4 is 46.7 Å². The molecule has 0 spiro atoms. The first-order valence-corrected chi connectivity index (χ1v) is 9.48. The highest BCUT2D eigenvalue weighted by atomic mass is 35.5. The molecular weight excluding hydrogens is 363 g/mol. The van der Waals surface area contributed by atoms with Gasteiger partial charge in [-0.1, -0.05) is 53.0 Å². The first kappa shape index (κ1) is 17.5. The molecule has 1 fully saturated rings. The molecule has 6 heteroatoms. The van der Waals surface area contributed by atoms with E-state index in [9.17, 15) is 4.79 Å². The van der Waals surface area contributed by atoms with Gasteiger partial charge in [0, 0.05) is 12.3 Å². The summed E-state index contributed by atoms with van der Waals surface area (Å²) in [7, 11) is 0. The monoisotopic (exact) mass is 380 g/mol. The molecular formula is C18H18Cl2N2OS. The van der Waals surface area contributed by atoms with Gasteiger partial charge in [-0.25, -0.2) is 4.79 Å². The van der Waals surface area contributed by atoms with Gasteiger partial charge in [0.2, 0.25) is 0 Å². The third kappa shape index (κ3) is 3.51. The Bertz CT molecular complexity index is 761. The lowest BCUT2D eigenvalue weighted by Crippen LogP contribution is -2.34. The summed E-state index contributed by atoms with van der Waals surface area (Å²) in [5.74, 6) is 0.904. The van der Waals surface area contributed by atoms with Gasteiger partial charge in [0.1, 0.15) is 5.37 Å². The second-order valence-corrected chi connectivity index (χ2v) is 7.81. The number of hydrogen-bond donors (Lipinski definition) is 1. The minimum absolute atomic E-state index is 0.00635. The zero-order chi connectivity index (χ0) is 17.3. The van der Waals surface area contributed by atoms with Crippen molar-refractivity contribution in [1.82, 2.24) is 4.90 Å². The van der Waals surface area contributed by atoms with Crippen LogP contribution in [0.15, 0.2) is 36.4 Å². The fraction of sp³-hybridized carbons (Fsp3) is 0.278. The molecule has 1 aliphatic heterocycles. The van der Waals surface area contributed by atoms with Crippen molar-refractivity contribution in [2.75, 3.05) is 17.6 Å². The van der Waals surface area contributed by atoms with Gasteiger partial charge in [-0.3, -0.25) is 0 Å². The molecule has 2 aromatic rings. The van der Waals surface area contributed by atoms with Gasteiger partial charge in [-0.05, 0) is 37.1 Å². The van der Waals surface area contributed by atoms with Gasteiger partial charge >= 0.3 is 6.03 Å². The van der Waals surface area contributed by atoms with E-state index in [2.05, 4.69) is 37.4 Å². The van der Waals surface area contributed by atoms with Crippen molar-refractivity contribution < 1.29 is 4.79 Å². The second kappa shape index (κ2) is 7.26. The topological polar surface area (TPSA) is 32.3 Å². The van der Waals surface area contributed by atoms with Gasteiger partial charge < -0.3 is 10.2 Å². The minimum atomic E-state index is -0.181. The third-order valence-corrected chi connectivity index (χ3v) is 5.91. The number of carbonyl (C=O) groups excluding carboxylic acids is 1. The van der Waals surface area contributed by atoms with E-state index < -0.39 is 0 Å². The largest absolute Gasteiger partial charge is 0.323 e. The van der Waals surface area contributed by atoms with Crippen LogP contribution in [0.25, 0.3) is 0 Å². The number of carbonyl (C=O) groups is 1. The number of benzene rings is 2. The first-order valence-electron chi connectivity index (χ1n) is 7.68. The fourth-order valence-electron chi connectivity index (χ4n) is 2.83. The molecule has 1 saturated heterocycles. The van der Waals surface area contributed by atoms with Gasteiger partial charge in [0.15, 0.2) is 0 Å². The number of thioether (sulfide) groups is 1. The number of hydrogen-bond acceptors (Lipinski definition) is 2. The van der Waals surface area contributed by atoms with Gasteiger partial charge in [-0.15, -0.1) is 11.8 Å². The molecule has 1 N–H and O–H groups in total. The van der Waals surface area contributed by atoms with Crippen molar-refractivity contribution in [3.05, 3.63) is 63.1 Å². The van der Waals surface area contributed by atoms with Crippen molar-refractivity contribution in [2.45, 2.75) is 19.2 Å². The molecule has 1 heterocycles. The Kier molecular flexibility index (Phi) is 5.28. The summed E-state index contributed by atoms with van der Waals surface area (Å²) >= 11 is 14.1. The molecule has 126 valence electrons. The lowest BCUT2D eigenvalue weighted by Gasteiger charge is -2.26. The highest BCUT2D eigenvalue weighted by molar-refractivity contribution is 7.99. The van der Waals surface area contributed by atoms with E-state index in [-0.39, 0.29) is 11.4 Å². The molecule has 0 aromatic heterocycles. The molecule has 2 amide bonds. The summed E-state index contributed by atoms with van der Waals surface area (Å²) in [6.07, 6.45) is 0.